The van der Waals surface area contributed by atoms with Gasteiger partial charge in [-0.3, -0.25) is 9.89 Å². The number of carbonyl (C=O) groups excluding carboxylic acids is 1. The van der Waals surface area contributed by atoms with E-state index >= 15 is 0 Å². The molecule has 5 nitrogen and oxygen atoms in total. The Bertz CT molecular complexity index is 726. The molecule has 0 unspecified atom stereocenters. The number of piperidine rings is 1. The van der Waals surface area contributed by atoms with Gasteiger partial charge < -0.3 is 10.0 Å². The number of aliphatic hydroxyl groups is 1. The molecule has 2 heterocycles. The van der Waals surface area contributed by atoms with E-state index in [1.165, 1.54) is 5.56 Å². The first kappa shape index (κ1) is 18.6. The molecule has 140 valence electrons. The van der Waals surface area contributed by atoms with Crippen molar-refractivity contribution in [3.05, 3.63) is 53.3 Å². The smallest absolute Gasteiger partial charge is 0.274 e. The molecular weight excluding hydrogens is 326 g/mol. The van der Waals surface area contributed by atoms with Crippen LogP contribution < -0.4 is 0 Å². The van der Waals surface area contributed by atoms with Crippen molar-refractivity contribution in [1.82, 2.24) is 15.1 Å². The second-order valence-corrected chi connectivity index (χ2v) is 7.84. The van der Waals surface area contributed by atoms with Crippen LogP contribution in [0.1, 0.15) is 60.8 Å². The molecule has 1 atom stereocenters. The Morgan fingerprint density at radius 1 is 1.35 bits per heavy atom. The summed E-state index contributed by atoms with van der Waals surface area (Å²) in [6.07, 6.45) is 3.68. The molecule has 3 rings (SSSR count). The Hall–Kier alpha value is -2.14. The van der Waals surface area contributed by atoms with Crippen molar-refractivity contribution in [3.8, 4) is 0 Å². The lowest BCUT2D eigenvalue weighted by molar-refractivity contribution is 0.0224. The van der Waals surface area contributed by atoms with Crippen LogP contribution in [0.2, 0.25) is 0 Å². The fourth-order valence-corrected chi connectivity index (χ4v) is 3.75. The maximum atomic E-state index is 12.9. The van der Waals surface area contributed by atoms with Crippen molar-refractivity contribution in [2.45, 2.75) is 45.4 Å². The van der Waals surface area contributed by atoms with Crippen LogP contribution >= 0.6 is 0 Å². The number of aryl methyl sites for hydroxylation is 1. The molecule has 0 aliphatic carbocycles. The number of hydrogen-bond donors (Lipinski definition) is 2. The van der Waals surface area contributed by atoms with Gasteiger partial charge in [-0.2, -0.15) is 5.10 Å². The van der Waals surface area contributed by atoms with Crippen LogP contribution in [-0.4, -0.2) is 45.8 Å². The van der Waals surface area contributed by atoms with E-state index in [1.54, 1.807) is 0 Å². The number of rotatable bonds is 6. The maximum Gasteiger partial charge on any atom is 0.274 e. The second kappa shape index (κ2) is 8.04. The molecular formula is C21H29N3O2. The SMILES string of the molecule is CC(C)c1cc(C(=O)N2CCC[C@](CO)(CCc3ccccc3)C2)n[nH]1. The molecule has 0 radical (unpaired) electrons. The summed E-state index contributed by atoms with van der Waals surface area (Å²) in [5.41, 5.74) is 2.51. The quantitative estimate of drug-likeness (QED) is 0.834. The van der Waals surface area contributed by atoms with Crippen LogP contribution in [0, 0.1) is 5.41 Å². The Kier molecular flexibility index (Phi) is 5.77. The molecule has 2 aromatic rings. The van der Waals surface area contributed by atoms with Gasteiger partial charge in [0.1, 0.15) is 5.69 Å². The zero-order valence-corrected chi connectivity index (χ0v) is 15.7. The first-order chi connectivity index (χ1) is 12.5. The number of carbonyl (C=O) groups is 1. The van der Waals surface area contributed by atoms with Gasteiger partial charge in [-0.15, -0.1) is 0 Å². The summed E-state index contributed by atoms with van der Waals surface area (Å²) < 4.78 is 0. The van der Waals surface area contributed by atoms with E-state index in [1.807, 2.05) is 29.2 Å². The van der Waals surface area contributed by atoms with E-state index in [4.69, 9.17) is 0 Å². The summed E-state index contributed by atoms with van der Waals surface area (Å²) >= 11 is 0. The van der Waals surface area contributed by atoms with Crippen LogP contribution in [0.5, 0.6) is 0 Å². The third-order valence-electron chi connectivity index (χ3n) is 5.51. The molecule has 1 saturated heterocycles. The lowest BCUT2D eigenvalue weighted by Crippen LogP contribution is -2.48. The molecule has 1 aliphatic rings. The second-order valence-electron chi connectivity index (χ2n) is 7.84. The summed E-state index contributed by atoms with van der Waals surface area (Å²) in [7, 11) is 0. The highest BCUT2D eigenvalue weighted by Crippen LogP contribution is 2.35. The summed E-state index contributed by atoms with van der Waals surface area (Å²) in [4.78, 5) is 14.7. The summed E-state index contributed by atoms with van der Waals surface area (Å²) in [6, 6.07) is 12.2. The first-order valence-corrected chi connectivity index (χ1v) is 9.52. The van der Waals surface area contributed by atoms with E-state index in [0.29, 0.717) is 18.2 Å². The third-order valence-corrected chi connectivity index (χ3v) is 5.51. The Labute approximate surface area is 155 Å². The van der Waals surface area contributed by atoms with Crippen LogP contribution in [-0.2, 0) is 6.42 Å². The molecule has 5 heteroatoms. The van der Waals surface area contributed by atoms with Gasteiger partial charge >= 0.3 is 0 Å². The Morgan fingerprint density at radius 3 is 2.77 bits per heavy atom. The summed E-state index contributed by atoms with van der Waals surface area (Å²) in [5, 5.41) is 17.3. The van der Waals surface area contributed by atoms with E-state index < -0.39 is 0 Å². The van der Waals surface area contributed by atoms with E-state index in [2.05, 4.69) is 36.2 Å². The fourth-order valence-electron chi connectivity index (χ4n) is 3.75. The minimum absolute atomic E-state index is 0.0367. The van der Waals surface area contributed by atoms with Gasteiger partial charge in [0.25, 0.3) is 5.91 Å². The van der Waals surface area contributed by atoms with Crippen LogP contribution in [0.15, 0.2) is 36.4 Å². The lowest BCUT2D eigenvalue weighted by atomic mass is 9.76. The Morgan fingerprint density at radius 2 is 2.12 bits per heavy atom. The monoisotopic (exact) mass is 355 g/mol. The third kappa shape index (κ3) is 4.15. The maximum absolute atomic E-state index is 12.9. The predicted octanol–water partition coefficient (Wildman–Crippen LogP) is 3.38. The number of aromatic amines is 1. The zero-order chi connectivity index (χ0) is 18.6. The summed E-state index contributed by atoms with van der Waals surface area (Å²) in [5.74, 6) is 0.276. The minimum Gasteiger partial charge on any atom is -0.396 e. The normalized spacial score (nSPS) is 20.5. The van der Waals surface area contributed by atoms with Crippen molar-refractivity contribution in [1.29, 1.82) is 0 Å². The number of aromatic nitrogens is 2. The van der Waals surface area contributed by atoms with Crippen molar-refractivity contribution in [2.75, 3.05) is 19.7 Å². The number of aliphatic hydroxyl groups excluding tert-OH is 1. The molecule has 26 heavy (non-hydrogen) atoms. The lowest BCUT2D eigenvalue weighted by Gasteiger charge is -2.41. The predicted molar refractivity (Wildman–Crippen MR) is 102 cm³/mol. The van der Waals surface area contributed by atoms with Crippen LogP contribution in [0.4, 0.5) is 0 Å². The largest absolute Gasteiger partial charge is 0.396 e. The number of likely N-dealkylation sites (tertiary alicyclic amines) is 1. The number of amides is 1. The molecule has 0 spiro atoms. The highest BCUT2D eigenvalue weighted by molar-refractivity contribution is 5.92. The van der Waals surface area contributed by atoms with Crippen molar-refractivity contribution >= 4 is 5.91 Å². The molecule has 1 aromatic heterocycles. The Balaban J connectivity index is 1.68. The molecule has 0 saturated carbocycles. The zero-order valence-electron chi connectivity index (χ0n) is 15.7. The van der Waals surface area contributed by atoms with Gasteiger partial charge in [-0.05, 0) is 43.2 Å². The topological polar surface area (TPSA) is 69.2 Å². The molecule has 0 bridgehead atoms. The highest BCUT2D eigenvalue weighted by Gasteiger charge is 2.37. The van der Waals surface area contributed by atoms with Gasteiger partial charge in [-0.1, -0.05) is 44.2 Å². The average Bonchev–Trinajstić information content (AvgIpc) is 3.17. The van der Waals surface area contributed by atoms with Gasteiger partial charge in [-0.25, -0.2) is 0 Å². The van der Waals surface area contributed by atoms with Crippen LogP contribution in [0.3, 0.4) is 0 Å². The molecule has 2 N–H and O–H groups in total. The van der Waals surface area contributed by atoms with Crippen molar-refractivity contribution in [2.24, 2.45) is 5.41 Å². The summed E-state index contributed by atoms with van der Waals surface area (Å²) in [6.45, 7) is 5.59. The van der Waals surface area contributed by atoms with Gasteiger partial charge in [0.2, 0.25) is 0 Å². The van der Waals surface area contributed by atoms with Crippen molar-refractivity contribution < 1.29 is 9.90 Å². The fraction of sp³-hybridized carbons (Fsp3) is 0.524. The highest BCUT2D eigenvalue weighted by atomic mass is 16.3. The molecule has 1 amide bonds. The molecule has 1 fully saturated rings. The minimum atomic E-state index is -0.221. The van der Waals surface area contributed by atoms with E-state index in [0.717, 1.165) is 37.9 Å². The number of benzene rings is 1. The number of hydrogen-bond acceptors (Lipinski definition) is 3. The average molecular weight is 355 g/mol. The number of nitrogens with zero attached hydrogens (tertiary/aromatic N) is 2. The van der Waals surface area contributed by atoms with Crippen molar-refractivity contribution in [3.63, 3.8) is 0 Å². The standard InChI is InChI=1S/C21H29N3O2/c1-16(2)18-13-19(23-22-18)20(26)24-12-6-10-21(14-24,15-25)11-9-17-7-4-3-5-8-17/h3-5,7-8,13,16,25H,6,9-12,14-15H2,1-2H3,(H,22,23)/t21-/m0/s1. The molecule has 1 aliphatic heterocycles. The molecule has 1 aromatic carbocycles. The van der Waals surface area contributed by atoms with Crippen LogP contribution in [0.25, 0.3) is 0 Å². The number of H-pyrrole nitrogens is 1. The van der Waals surface area contributed by atoms with Gasteiger partial charge in [0.15, 0.2) is 0 Å². The van der Waals surface area contributed by atoms with E-state index in [-0.39, 0.29) is 17.9 Å². The van der Waals surface area contributed by atoms with E-state index in [9.17, 15) is 9.90 Å². The van der Waals surface area contributed by atoms with Gasteiger partial charge in [0.05, 0.1) is 6.61 Å². The first-order valence-electron chi connectivity index (χ1n) is 9.52. The number of nitrogens with one attached hydrogen (secondary N) is 1. The van der Waals surface area contributed by atoms with Gasteiger partial charge in [0, 0.05) is 24.2 Å².